The van der Waals surface area contributed by atoms with E-state index in [2.05, 4.69) is 21.8 Å². The van der Waals surface area contributed by atoms with Gasteiger partial charge in [-0.05, 0) is 31.1 Å². The first-order valence-electron chi connectivity index (χ1n) is 9.45. The van der Waals surface area contributed by atoms with Gasteiger partial charge in [0.15, 0.2) is 0 Å². The van der Waals surface area contributed by atoms with E-state index in [0.717, 1.165) is 51.7 Å². The summed E-state index contributed by atoms with van der Waals surface area (Å²) in [6.07, 6.45) is 7.45. The fourth-order valence-electron chi connectivity index (χ4n) is 4.26. The third-order valence-electron chi connectivity index (χ3n) is 5.84. The first-order chi connectivity index (χ1) is 12.2. The smallest absolute Gasteiger partial charge is 0.224 e. The van der Waals surface area contributed by atoms with Crippen molar-refractivity contribution in [3.63, 3.8) is 0 Å². The van der Waals surface area contributed by atoms with Gasteiger partial charge >= 0.3 is 0 Å². The third-order valence-corrected chi connectivity index (χ3v) is 6.99. The lowest BCUT2D eigenvalue weighted by Gasteiger charge is -2.48. The van der Waals surface area contributed by atoms with E-state index in [1.807, 2.05) is 21.8 Å². The van der Waals surface area contributed by atoms with Crippen molar-refractivity contribution in [1.82, 2.24) is 19.6 Å². The molecule has 3 aliphatic heterocycles. The van der Waals surface area contributed by atoms with Crippen LogP contribution in [-0.2, 0) is 16.1 Å². The Morgan fingerprint density at radius 3 is 2.92 bits per heavy atom. The summed E-state index contributed by atoms with van der Waals surface area (Å²) >= 11 is 2.08. The molecule has 3 aliphatic rings. The molecule has 1 amide bonds. The number of aryl methyl sites for hydroxylation is 1. The Bertz CT molecular complexity index is 566. The summed E-state index contributed by atoms with van der Waals surface area (Å²) in [4.78, 5) is 17.1. The van der Waals surface area contributed by atoms with Crippen molar-refractivity contribution in [1.29, 1.82) is 0 Å². The van der Waals surface area contributed by atoms with Crippen LogP contribution in [0.25, 0.3) is 0 Å². The van der Waals surface area contributed by atoms with Crippen LogP contribution in [0.15, 0.2) is 18.5 Å². The van der Waals surface area contributed by atoms with E-state index in [9.17, 15) is 4.79 Å². The standard InChI is InChI=1S/C18H28N4O2S/c23-17(2-8-22-7-1-6-19-22)20-9-4-18(5-10-20)15-21(11-12-24-18)16-3-13-25-14-16/h1,6-7,16H,2-5,8-15H2. The molecule has 1 unspecified atom stereocenters. The number of hydrogen-bond acceptors (Lipinski definition) is 5. The van der Waals surface area contributed by atoms with Gasteiger partial charge in [-0.15, -0.1) is 0 Å². The highest BCUT2D eigenvalue weighted by Gasteiger charge is 2.42. The van der Waals surface area contributed by atoms with Crippen molar-refractivity contribution in [2.75, 3.05) is 44.3 Å². The number of ether oxygens (including phenoxy) is 1. The molecule has 1 atom stereocenters. The minimum atomic E-state index is -0.0235. The zero-order chi connectivity index (χ0) is 17.1. The molecule has 1 aromatic heterocycles. The molecular formula is C18H28N4O2S. The van der Waals surface area contributed by atoms with Crippen molar-refractivity contribution in [3.8, 4) is 0 Å². The number of amides is 1. The summed E-state index contributed by atoms with van der Waals surface area (Å²) in [5.41, 5.74) is -0.0235. The predicted molar refractivity (Wildman–Crippen MR) is 98.6 cm³/mol. The largest absolute Gasteiger partial charge is 0.372 e. The van der Waals surface area contributed by atoms with Crippen molar-refractivity contribution in [2.24, 2.45) is 0 Å². The Labute approximate surface area is 153 Å². The third kappa shape index (κ3) is 4.04. The fourth-order valence-corrected chi connectivity index (χ4v) is 5.52. The van der Waals surface area contributed by atoms with Gasteiger partial charge in [-0.2, -0.15) is 16.9 Å². The van der Waals surface area contributed by atoms with Gasteiger partial charge in [0.2, 0.25) is 5.91 Å². The van der Waals surface area contributed by atoms with Gasteiger partial charge in [0.25, 0.3) is 0 Å². The van der Waals surface area contributed by atoms with Crippen molar-refractivity contribution in [2.45, 2.75) is 43.9 Å². The van der Waals surface area contributed by atoms with E-state index in [0.29, 0.717) is 13.0 Å². The molecule has 0 aliphatic carbocycles. The number of carbonyl (C=O) groups is 1. The van der Waals surface area contributed by atoms with Gasteiger partial charge in [-0.3, -0.25) is 14.4 Å². The Morgan fingerprint density at radius 1 is 1.32 bits per heavy atom. The average molecular weight is 365 g/mol. The first kappa shape index (κ1) is 17.4. The highest BCUT2D eigenvalue weighted by Crippen LogP contribution is 2.33. The van der Waals surface area contributed by atoms with Gasteiger partial charge < -0.3 is 9.64 Å². The van der Waals surface area contributed by atoms with E-state index in [4.69, 9.17) is 4.74 Å². The Balaban J connectivity index is 1.27. The van der Waals surface area contributed by atoms with Gasteiger partial charge in [0.05, 0.1) is 12.2 Å². The van der Waals surface area contributed by atoms with Gasteiger partial charge in [0, 0.05) is 63.3 Å². The molecule has 0 saturated carbocycles. The quantitative estimate of drug-likeness (QED) is 0.810. The Hall–Kier alpha value is -1.05. The van der Waals surface area contributed by atoms with E-state index in [1.165, 1.54) is 17.9 Å². The maximum atomic E-state index is 12.5. The van der Waals surface area contributed by atoms with Gasteiger partial charge in [0.1, 0.15) is 0 Å². The molecule has 6 nitrogen and oxygen atoms in total. The SMILES string of the molecule is O=C(CCn1cccn1)N1CCC2(CC1)CN(C1CCSC1)CCO2. The van der Waals surface area contributed by atoms with Gasteiger partial charge in [-0.1, -0.05) is 0 Å². The molecule has 3 saturated heterocycles. The zero-order valence-corrected chi connectivity index (χ0v) is 15.6. The summed E-state index contributed by atoms with van der Waals surface area (Å²) in [5, 5.41) is 4.17. The van der Waals surface area contributed by atoms with Crippen LogP contribution < -0.4 is 0 Å². The number of thioether (sulfide) groups is 1. The van der Waals surface area contributed by atoms with Crippen LogP contribution in [0.4, 0.5) is 0 Å². The highest BCUT2D eigenvalue weighted by molar-refractivity contribution is 7.99. The summed E-state index contributed by atoms with van der Waals surface area (Å²) in [7, 11) is 0. The predicted octanol–water partition coefficient (Wildman–Crippen LogP) is 1.47. The van der Waals surface area contributed by atoms with Crippen LogP contribution in [0.2, 0.25) is 0 Å². The van der Waals surface area contributed by atoms with Crippen LogP contribution in [0.1, 0.15) is 25.7 Å². The minimum absolute atomic E-state index is 0.0235. The monoisotopic (exact) mass is 364 g/mol. The average Bonchev–Trinajstić information content (AvgIpc) is 3.34. The van der Waals surface area contributed by atoms with E-state index >= 15 is 0 Å². The minimum Gasteiger partial charge on any atom is -0.372 e. The topological polar surface area (TPSA) is 50.6 Å². The van der Waals surface area contributed by atoms with Crippen LogP contribution in [-0.4, -0.2) is 81.4 Å². The summed E-state index contributed by atoms with van der Waals surface area (Å²) < 4.78 is 8.07. The molecule has 7 heteroatoms. The van der Waals surface area contributed by atoms with Crippen LogP contribution in [0, 0.1) is 0 Å². The first-order valence-corrected chi connectivity index (χ1v) is 10.6. The highest BCUT2D eigenvalue weighted by atomic mass is 32.2. The van der Waals surface area contributed by atoms with Crippen molar-refractivity contribution < 1.29 is 9.53 Å². The molecular weight excluding hydrogens is 336 g/mol. The molecule has 4 rings (SSSR count). The number of likely N-dealkylation sites (tertiary alicyclic amines) is 1. The summed E-state index contributed by atoms with van der Waals surface area (Å²) in [5.74, 6) is 2.81. The molecule has 1 spiro atoms. The lowest BCUT2D eigenvalue weighted by atomic mass is 9.88. The fraction of sp³-hybridized carbons (Fsp3) is 0.778. The number of hydrogen-bond donors (Lipinski definition) is 0. The Kier molecular flexibility index (Phi) is 5.33. The zero-order valence-electron chi connectivity index (χ0n) is 14.8. The van der Waals surface area contributed by atoms with Crippen LogP contribution in [0.5, 0.6) is 0 Å². The van der Waals surface area contributed by atoms with Crippen LogP contribution in [0.3, 0.4) is 0 Å². The molecule has 4 heterocycles. The normalized spacial score (nSPS) is 27.0. The van der Waals surface area contributed by atoms with E-state index in [1.54, 1.807) is 6.20 Å². The van der Waals surface area contributed by atoms with Gasteiger partial charge in [-0.25, -0.2) is 0 Å². The number of rotatable bonds is 4. The van der Waals surface area contributed by atoms with Crippen molar-refractivity contribution in [3.05, 3.63) is 18.5 Å². The molecule has 1 aromatic rings. The second-order valence-electron chi connectivity index (χ2n) is 7.42. The summed E-state index contributed by atoms with van der Waals surface area (Å²) in [6, 6.07) is 2.63. The molecule has 3 fully saturated rings. The number of aromatic nitrogens is 2. The second-order valence-corrected chi connectivity index (χ2v) is 8.57. The van der Waals surface area contributed by atoms with E-state index < -0.39 is 0 Å². The molecule has 138 valence electrons. The maximum Gasteiger partial charge on any atom is 0.224 e. The van der Waals surface area contributed by atoms with E-state index in [-0.39, 0.29) is 11.5 Å². The molecule has 0 bridgehead atoms. The second kappa shape index (κ2) is 7.68. The van der Waals surface area contributed by atoms with Crippen molar-refractivity contribution >= 4 is 17.7 Å². The van der Waals surface area contributed by atoms with Crippen LogP contribution >= 0.6 is 11.8 Å². The molecule has 0 N–H and O–H groups in total. The number of piperidine rings is 1. The maximum absolute atomic E-state index is 12.5. The molecule has 0 radical (unpaired) electrons. The summed E-state index contributed by atoms with van der Waals surface area (Å²) in [6.45, 7) is 5.27. The number of morpholine rings is 1. The molecule has 0 aromatic carbocycles. The Morgan fingerprint density at radius 2 is 2.20 bits per heavy atom. The molecule has 25 heavy (non-hydrogen) atoms. The number of carbonyl (C=O) groups excluding carboxylic acids is 1. The lowest BCUT2D eigenvalue weighted by molar-refractivity contribution is -0.153. The number of nitrogens with zero attached hydrogens (tertiary/aromatic N) is 4. The lowest BCUT2D eigenvalue weighted by Crippen LogP contribution is -2.59.